The Morgan fingerprint density at radius 3 is 2.28 bits per heavy atom. The first-order valence-corrected chi connectivity index (χ1v) is 5.78. The third-order valence-corrected chi connectivity index (χ3v) is 3.21. The highest BCUT2D eigenvalue weighted by molar-refractivity contribution is 5.74. The maximum Gasteiger partial charge on any atom is 0.416 e. The predicted octanol–water partition coefficient (Wildman–Crippen LogP) is 2.73. The van der Waals surface area contributed by atoms with Crippen LogP contribution in [-0.2, 0) is 17.4 Å². The van der Waals surface area contributed by atoms with Crippen LogP contribution in [0.15, 0.2) is 24.3 Å². The quantitative estimate of drug-likeness (QED) is 0.797. The first-order valence-electron chi connectivity index (χ1n) is 5.78. The van der Waals surface area contributed by atoms with Crippen LogP contribution in [0.3, 0.4) is 0 Å². The Bertz CT molecular complexity index is 433. The fourth-order valence-electron chi connectivity index (χ4n) is 2.12. The molecule has 18 heavy (non-hydrogen) atoms. The van der Waals surface area contributed by atoms with E-state index < -0.39 is 11.7 Å². The lowest BCUT2D eigenvalue weighted by Crippen LogP contribution is -2.49. The lowest BCUT2D eigenvalue weighted by atomic mass is 9.92. The van der Waals surface area contributed by atoms with Crippen LogP contribution in [0.5, 0.6) is 0 Å². The SMILES string of the molecule is CC(=O)N1CC(Cc2ccc(C(F)(F)F)cc2)C1. The minimum Gasteiger partial charge on any atom is -0.342 e. The zero-order valence-electron chi connectivity index (χ0n) is 10.00. The first kappa shape index (κ1) is 12.9. The average Bonchev–Trinajstić information content (AvgIpc) is 2.21. The highest BCUT2D eigenvalue weighted by Crippen LogP contribution is 2.29. The van der Waals surface area contributed by atoms with Gasteiger partial charge in [0.25, 0.3) is 0 Å². The molecule has 0 saturated carbocycles. The summed E-state index contributed by atoms with van der Waals surface area (Å²) in [7, 11) is 0. The van der Waals surface area contributed by atoms with Crippen LogP contribution in [0.4, 0.5) is 13.2 Å². The van der Waals surface area contributed by atoms with Crippen LogP contribution < -0.4 is 0 Å². The van der Waals surface area contributed by atoms with Gasteiger partial charge in [-0.05, 0) is 30.0 Å². The molecule has 0 spiro atoms. The van der Waals surface area contributed by atoms with Crippen molar-refractivity contribution in [1.29, 1.82) is 0 Å². The highest BCUT2D eigenvalue weighted by atomic mass is 19.4. The number of benzene rings is 1. The topological polar surface area (TPSA) is 20.3 Å². The summed E-state index contributed by atoms with van der Waals surface area (Å²) < 4.78 is 37.1. The molecule has 0 aromatic heterocycles. The van der Waals surface area contributed by atoms with E-state index in [1.807, 2.05) is 0 Å². The molecule has 0 bridgehead atoms. The van der Waals surface area contributed by atoms with Gasteiger partial charge in [0.15, 0.2) is 0 Å². The number of alkyl halides is 3. The third-order valence-electron chi connectivity index (χ3n) is 3.21. The summed E-state index contributed by atoms with van der Waals surface area (Å²) in [5.41, 5.74) is 0.265. The molecule has 0 N–H and O–H groups in total. The summed E-state index contributed by atoms with van der Waals surface area (Å²) in [6.45, 7) is 2.93. The second kappa shape index (κ2) is 4.63. The Morgan fingerprint density at radius 2 is 1.83 bits per heavy atom. The molecule has 1 fully saturated rings. The summed E-state index contributed by atoms with van der Waals surface area (Å²) >= 11 is 0. The average molecular weight is 257 g/mol. The van der Waals surface area contributed by atoms with Gasteiger partial charge in [-0.2, -0.15) is 13.2 Å². The van der Waals surface area contributed by atoms with Crippen LogP contribution in [-0.4, -0.2) is 23.9 Å². The molecule has 1 saturated heterocycles. The molecular weight excluding hydrogens is 243 g/mol. The Labute approximate surface area is 103 Å². The van der Waals surface area contributed by atoms with Crippen molar-refractivity contribution in [3.05, 3.63) is 35.4 Å². The van der Waals surface area contributed by atoms with Gasteiger partial charge in [0, 0.05) is 20.0 Å². The van der Waals surface area contributed by atoms with Gasteiger partial charge in [-0.25, -0.2) is 0 Å². The molecule has 0 atom stereocenters. The van der Waals surface area contributed by atoms with Crippen molar-refractivity contribution in [3.63, 3.8) is 0 Å². The first-order chi connectivity index (χ1) is 8.36. The number of hydrogen-bond donors (Lipinski definition) is 0. The Morgan fingerprint density at radius 1 is 1.28 bits per heavy atom. The van der Waals surface area contributed by atoms with Crippen molar-refractivity contribution >= 4 is 5.91 Å². The van der Waals surface area contributed by atoms with E-state index >= 15 is 0 Å². The molecule has 5 heteroatoms. The van der Waals surface area contributed by atoms with Gasteiger partial charge in [-0.15, -0.1) is 0 Å². The van der Waals surface area contributed by atoms with Crippen LogP contribution in [0, 0.1) is 5.92 Å². The van der Waals surface area contributed by atoms with E-state index in [0.29, 0.717) is 19.0 Å². The summed E-state index contributed by atoms with van der Waals surface area (Å²) in [6.07, 6.45) is -3.55. The summed E-state index contributed by atoms with van der Waals surface area (Å²) in [4.78, 5) is 12.7. The van der Waals surface area contributed by atoms with Crippen molar-refractivity contribution < 1.29 is 18.0 Å². The molecule has 1 aliphatic heterocycles. The zero-order chi connectivity index (χ0) is 13.3. The normalized spacial score (nSPS) is 16.6. The number of halogens is 3. The lowest BCUT2D eigenvalue weighted by Gasteiger charge is -2.38. The van der Waals surface area contributed by atoms with E-state index in [4.69, 9.17) is 0 Å². The number of carbonyl (C=O) groups is 1. The van der Waals surface area contributed by atoms with Crippen molar-refractivity contribution in [1.82, 2.24) is 4.90 Å². The monoisotopic (exact) mass is 257 g/mol. The maximum absolute atomic E-state index is 12.4. The number of hydrogen-bond acceptors (Lipinski definition) is 1. The van der Waals surface area contributed by atoms with Crippen LogP contribution in [0.25, 0.3) is 0 Å². The van der Waals surface area contributed by atoms with Crippen LogP contribution >= 0.6 is 0 Å². The Balaban J connectivity index is 1.90. The number of amides is 1. The van der Waals surface area contributed by atoms with Gasteiger partial charge in [0.1, 0.15) is 0 Å². The van der Waals surface area contributed by atoms with E-state index in [0.717, 1.165) is 24.1 Å². The van der Waals surface area contributed by atoms with Gasteiger partial charge >= 0.3 is 6.18 Å². The molecule has 0 unspecified atom stereocenters. The van der Waals surface area contributed by atoms with E-state index in [-0.39, 0.29) is 5.91 Å². The van der Waals surface area contributed by atoms with Crippen molar-refractivity contribution in [2.75, 3.05) is 13.1 Å². The van der Waals surface area contributed by atoms with E-state index in [9.17, 15) is 18.0 Å². The molecule has 1 aliphatic rings. The molecule has 0 aliphatic carbocycles. The second-order valence-corrected chi connectivity index (χ2v) is 4.69. The molecule has 2 nitrogen and oxygen atoms in total. The molecule has 1 aromatic carbocycles. The number of carbonyl (C=O) groups excluding carboxylic acids is 1. The molecule has 98 valence electrons. The minimum atomic E-state index is -4.28. The molecule has 1 amide bonds. The summed E-state index contributed by atoms with van der Waals surface area (Å²) in [5.74, 6) is 0.421. The third kappa shape index (κ3) is 2.83. The van der Waals surface area contributed by atoms with E-state index in [1.54, 1.807) is 4.90 Å². The molecule has 2 rings (SSSR count). The van der Waals surface area contributed by atoms with Crippen molar-refractivity contribution in [2.45, 2.75) is 19.5 Å². The van der Waals surface area contributed by atoms with E-state index in [2.05, 4.69) is 0 Å². The molecule has 1 heterocycles. The summed E-state index contributed by atoms with van der Waals surface area (Å²) in [6, 6.07) is 5.24. The number of rotatable bonds is 2. The van der Waals surface area contributed by atoms with Gasteiger partial charge in [0.2, 0.25) is 5.91 Å². The van der Waals surface area contributed by atoms with Crippen molar-refractivity contribution in [3.8, 4) is 0 Å². The standard InChI is InChI=1S/C13H14F3NO/c1-9(18)17-7-11(8-17)6-10-2-4-12(5-3-10)13(14,15)16/h2-5,11H,6-8H2,1H3. The zero-order valence-corrected chi connectivity index (χ0v) is 10.00. The fourth-order valence-corrected chi connectivity index (χ4v) is 2.12. The van der Waals surface area contributed by atoms with Gasteiger partial charge in [-0.1, -0.05) is 12.1 Å². The highest BCUT2D eigenvalue weighted by Gasteiger charge is 2.31. The lowest BCUT2D eigenvalue weighted by molar-refractivity contribution is -0.137. The predicted molar refractivity (Wildman–Crippen MR) is 60.9 cm³/mol. The summed E-state index contributed by atoms with van der Waals surface area (Å²) in [5, 5.41) is 0. The van der Waals surface area contributed by atoms with Gasteiger partial charge in [-0.3, -0.25) is 4.79 Å². The van der Waals surface area contributed by atoms with Gasteiger partial charge in [0.05, 0.1) is 5.56 Å². The Hall–Kier alpha value is -1.52. The maximum atomic E-state index is 12.4. The van der Waals surface area contributed by atoms with Gasteiger partial charge < -0.3 is 4.90 Å². The van der Waals surface area contributed by atoms with E-state index in [1.165, 1.54) is 19.1 Å². The molecular formula is C13H14F3NO. The number of likely N-dealkylation sites (tertiary alicyclic amines) is 1. The number of nitrogens with zero attached hydrogens (tertiary/aromatic N) is 1. The largest absolute Gasteiger partial charge is 0.416 e. The molecule has 0 radical (unpaired) electrons. The fraction of sp³-hybridized carbons (Fsp3) is 0.462. The van der Waals surface area contributed by atoms with Crippen molar-refractivity contribution in [2.24, 2.45) is 5.92 Å². The van der Waals surface area contributed by atoms with Crippen LogP contribution in [0.2, 0.25) is 0 Å². The second-order valence-electron chi connectivity index (χ2n) is 4.69. The minimum absolute atomic E-state index is 0.0543. The molecule has 1 aromatic rings. The van der Waals surface area contributed by atoms with Crippen LogP contribution in [0.1, 0.15) is 18.1 Å². The Kier molecular flexibility index (Phi) is 3.32. The smallest absolute Gasteiger partial charge is 0.342 e.